The van der Waals surface area contributed by atoms with Crippen molar-refractivity contribution in [1.29, 1.82) is 0 Å². The minimum atomic E-state index is -0.900. The molecule has 2 N–H and O–H groups in total. The fraction of sp³-hybridized carbons (Fsp3) is 0.300. The maximum absolute atomic E-state index is 12.5. The number of carbonyl (C=O) groups excluding carboxylic acids is 1. The Bertz CT molecular complexity index is 715. The van der Waals surface area contributed by atoms with Crippen molar-refractivity contribution in [1.82, 2.24) is 5.32 Å². The Balaban J connectivity index is 2.01. The molecule has 138 valence electrons. The Morgan fingerprint density at radius 2 is 1.65 bits per heavy atom. The molecule has 6 heteroatoms. The molecule has 2 aromatic carbocycles. The van der Waals surface area contributed by atoms with Gasteiger partial charge in [0.2, 0.25) is 0 Å². The molecule has 0 heterocycles. The Kier molecular flexibility index (Phi) is 7.02. The van der Waals surface area contributed by atoms with Gasteiger partial charge in [-0.05, 0) is 43.2 Å². The van der Waals surface area contributed by atoms with Gasteiger partial charge in [-0.2, -0.15) is 0 Å². The van der Waals surface area contributed by atoms with Crippen molar-refractivity contribution in [3.63, 3.8) is 0 Å². The van der Waals surface area contributed by atoms with E-state index in [1.54, 1.807) is 38.3 Å². The van der Waals surface area contributed by atoms with Gasteiger partial charge in [0.25, 0.3) is 5.91 Å². The highest BCUT2D eigenvalue weighted by atomic mass is 16.5. The van der Waals surface area contributed by atoms with Crippen molar-refractivity contribution < 1.29 is 24.2 Å². The molecule has 1 amide bonds. The molecule has 0 saturated carbocycles. The van der Waals surface area contributed by atoms with Crippen LogP contribution >= 0.6 is 0 Å². The smallest absolute Gasteiger partial charge is 0.303 e. The number of rotatable bonds is 9. The highest BCUT2D eigenvalue weighted by Crippen LogP contribution is 2.20. The van der Waals surface area contributed by atoms with Crippen LogP contribution in [0.25, 0.3) is 0 Å². The van der Waals surface area contributed by atoms with Crippen LogP contribution in [0.15, 0.2) is 54.6 Å². The second kappa shape index (κ2) is 9.46. The molecule has 2 rings (SSSR count). The molecule has 0 aliphatic rings. The predicted molar refractivity (Wildman–Crippen MR) is 97.3 cm³/mol. The van der Waals surface area contributed by atoms with Crippen LogP contribution < -0.4 is 14.8 Å². The number of ether oxygens (including phenoxy) is 2. The molecule has 2 atom stereocenters. The van der Waals surface area contributed by atoms with E-state index >= 15 is 0 Å². The average Bonchev–Trinajstić information content (AvgIpc) is 2.66. The number of hydrogen-bond acceptors (Lipinski definition) is 4. The molecule has 2 aromatic rings. The lowest BCUT2D eigenvalue weighted by Gasteiger charge is -2.22. The van der Waals surface area contributed by atoms with Crippen LogP contribution in [0.1, 0.15) is 31.4 Å². The zero-order valence-electron chi connectivity index (χ0n) is 14.8. The predicted octanol–water partition coefficient (Wildman–Crippen LogP) is 3.18. The summed E-state index contributed by atoms with van der Waals surface area (Å²) in [6.07, 6.45) is -0.451. The lowest BCUT2D eigenvalue weighted by Crippen LogP contribution is -2.38. The third-order valence-corrected chi connectivity index (χ3v) is 3.91. The number of carboxylic acids is 1. The normalized spacial score (nSPS) is 12.7. The third kappa shape index (κ3) is 5.81. The Labute approximate surface area is 152 Å². The monoisotopic (exact) mass is 357 g/mol. The van der Waals surface area contributed by atoms with E-state index in [0.717, 1.165) is 5.56 Å². The van der Waals surface area contributed by atoms with Crippen LogP contribution in [-0.2, 0) is 9.59 Å². The number of nitrogens with one attached hydrogen (secondary N) is 1. The number of carbonyl (C=O) groups is 2. The molecule has 0 aliphatic carbocycles. The molecular formula is C20H23NO5. The summed E-state index contributed by atoms with van der Waals surface area (Å²) < 4.78 is 10.7. The molecule has 0 fully saturated rings. The molecule has 0 aliphatic heterocycles. The largest absolute Gasteiger partial charge is 0.497 e. The van der Waals surface area contributed by atoms with E-state index in [9.17, 15) is 9.59 Å². The standard InChI is InChI=1S/C20H23NO5/c1-14(26-17-10-8-16(25-2)9-11-17)20(24)21-18(12-13-19(22)23)15-6-4-3-5-7-15/h3-11,14,18H,12-13H2,1-2H3,(H,21,24)(H,22,23). The van der Waals surface area contributed by atoms with Crippen molar-refractivity contribution in [3.8, 4) is 11.5 Å². The second-order valence-electron chi connectivity index (χ2n) is 5.84. The summed E-state index contributed by atoms with van der Waals surface area (Å²) in [5, 5.41) is 11.8. The summed E-state index contributed by atoms with van der Waals surface area (Å²) >= 11 is 0. The SMILES string of the molecule is COc1ccc(OC(C)C(=O)NC(CCC(=O)O)c2ccccc2)cc1. The van der Waals surface area contributed by atoms with Crippen molar-refractivity contribution in [3.05, 3.63) is 60.2 Å². The molecule has 0 bridgehead atoms. The minimum absolute atomic E-state index is 0.0342. The maximum atomic E-state index is 12.5. The van der Waals surface area contributed by atoms with E-state index in [1.807, 2.05) is 30.3 Å². The van der Waals surface area contributed by atoms with Crippen molar-refractivity contribution in [2.24, 2.45) is 0 Å². The number of aliphatic carboxylic acids is 1. The summed E-state index contributed by atoms with van der Waals surface area (Å²) in [4.78, 5) is 23.4. The average molecular weight is 357 g/mol. The van der Waals surface area contributed by atoms with Gasteiger partial charge in [0, 0.05) is 6.42 Å². The first-order valence-corrected chi connectivity index (χ1v) is 8.37. The molecular weight excluding hydrogens is 334 g/mol. The Hall–Kier alpha value is -3.02. The van der Waals surface area contributed by atoms with Gasteiger partial charge in [0.15, 0.2) is 6.10 Å². The van der Waals surface area contributed by atoms with E-state index in [4.69, 9.17) is 14.6 Å². The fourth-order valence-electron chi connectivity index (χ4n) is 2.48. The summed E-state index contributed by atoms with van der Waals surface area (Å²) in [5.74, 6) is 0.0466. The third-order valence-electron chi connectivity index (χ3n) is 3.91. The fourth-order valence-corrected chi connectivity index (χ4v) is 2.48. The zero-order valence-corrected chi connectivity index (χ0v) is 14.8. The van der Waals surface area contributed by atoms with Gasteiger partial charge in [-0.15, -0.1) is 0 Å². The van der Waals surface area contributed by atoms with Crippen molar-refractivity contribution in [2.45, 2.75) is 31.9 Å². The van der Waals surface area contributed by atoms with Gasteiger partial charge in [-0.1, -0.05) is 30.3 Å². The van der Waals surface area contributed by atoms with Crippen LogP contribution in [-0.4, -0.2) is 30.2 Å². The van der Waals surface area contributed by atoms with E-state index in [-0.39, 0.29) is 18.4 Å². The summed E-state index contributed by atoms with van der Waals surface area (Å²) in [6, 6.07) is 15.9. The van der Waals surface area contributed by atoms with Crippen LogP contribution in [0.3, 0.4) is 0 Å². The Morgan fingerprint density at radius 1 is 1.04 bits per heavy atom. The molecule has 0 aromatic heterocycles. The summed E-state index contributed by atoms with van der Waals surface area (Å²) in [6.45, 7) is 1.65. The quantitative estimate of drug-likeness (QED) is 0.720. The lowest BCUT2D eigenvalue weighted by molar-refractivity contribution is -0.137. The summed E-state index contributed by atoms with van der Waals surface area (Å²) in [7, 11) is 1.58. The van der Waals surface area contributed by atoms with Crippen LogP contribution in [0.2, 0.25) is 0 Å². The number of hydrogen-bond donors (Lipinski definition) is 2. The first-order chi connectivity index (χ1) is 12.5. The topological polar surface area (TPSA) is 84.9 Å². The second-order valence-corrected chi connectivity index (χ2v) is 5.84. The molecule has 0 saturated heterocycles. The molecule has 6 nitrogen and oxygen atoms in total. The number of carboxylic acid groups (broad SMARTS) is 1. The lowest BCUT2D eigenvalue weighted by atomic mass is 10.0. The van der Waals surface area contributed by atoms with Gasteiger partial charge in [0.1, 0.15) is 11.5 Å². The number of methoxy groups -OCH3 is 1. The van der Waals surface area contributed by atoms with Crippen molar-refractivity contribution in [2.75, 3.05) is 7.11 Å². The molecule has 2 unspecified atom stereocenters. The summed E-state index contributed by atoms with van der Waals surface area (Å²) in [5.41, 5.74) is 0.860. The van der Waals surface area contributed by atoms with E-state index < -0.39 is 12.1 Å². The van der Waals surface area contributed by atoms with E-state index in [0.29, 0.717) is 17.9 Å². The van der Waals surface area contributed by atoms with Gasteiger partial charge >= 0.3 is 5.97 Å². The zero-order chi connectivity index (χ0) is 18.9. The molecule has 0 spiro atoms. The first-order valence-electron chi connectivity index (χ1n) is 8.37. The highest BCUT2D eigenvalue weighted by molar-refractivity contribution is 5.81. The van der Waals surface area contributed by atoms with Crippen molar-refractivity contribution >= 4 is 11.9 Å². The van der Waals surface area contributed by atoms with E-state index in [2.05, 4.69) is 5.32 Å². The van der Waals surface area contributed by atoms with Gasteiger partial charge in [0.05, 0.1) is 13.2 Å². The van der Waals surface area contributed by atoms with Gasteiger partial charge in [-0.25, -0.2) is 0 Å². The van der Waals surface area contributed by atoms with Crippen LogP contribution in [0.4, 0.5) is 0 Å². The van der Waals surface area contributed by atoms with Gasteiger partial charge in [-0.3, -0.25) is 9.59 Å². The highest BCUT2D eigenvalue weighted by Gasteiger charge is 2.21. The van der Waals surface area contributed by atoms with E-state index in [1.165, 1.54) is 0 Å². The van der Waals surface area contributed by atoms with Crippen LogP contribution in [0.5, 0.6) is 11.5 Å². The molecule has 0 radical (unpaired) electrons. The van der Waals surface area contributed by atoms with Crippen LogP contribution in [0, 0.1) is 0 Å². The number of amides is 1. The molecule has 26 heavy (non-hydrogen) atoms. The first kappa shape index (κ1) is 19.3. The Morgan fingerprint density at radius 3 is 2.23 bits per heavy atom. The minimum Gasteiger partial charge on any atom is -0.497 e. The number of benzene rings is 2. The maximum Gasteiger partial charge on any atom is 0.303 e. The van der Waals surface area contributed by atoms with Gasteiger partial charge < -0.3 is 19.9 Å².